The minimum atomic E-state index is -0.639. The van der Waals surface area contributed by atoms with Crippen molar-refractivity contribution in [3.63, 3.8) is 0 Å². The third kappa shape index (κ3) is 5.44. The maximum Gasteiger partial charge on any atom is 0.254 e. The average Bonchev–Trinajstić information content (AvgIpc) is 3.59. The number of methoxy groups -OCH3 is 1. The van der Waals surface area contributed by atoms with Gasteiger partial charge in [0, 0.05) is 12.6 Å². The van der Waals surface area contributed by atoms with Crippen molar-refractivity contribution in [3.8, 4) is 10.4 Å². The summed E-state index contributed by atoms with van der Waals surface area (Å²) in [7, 11) is 1.52. The van der Waals surface area contributed by atoms with Crippen molar-refractivity contribution in [2.24, 2.45) is 5.92 Å². The number of hydrogen-bond acceptors (Lipinski definition) is 6. The minimum Gasteiger partial charge on any atom is -0.499 e. The Hall–Kier alpha value is -2.47. The largest absolute Gasteiger partial charge is 0.499 e. The van der Waals surface area contributed by atoms with Crippen LogP contribution in [0.4, 0.5) is 0 Å². The highest BCUT2D eigenvalue weighted by Crippen LogP contribution is 2.29. The average molecular weight is 623 g/mol. The number of likely N-dealkylation sites (tertiary alicyclic amines) is 1. The molecule has 36 heavy (non-hydrogen) atoms. The molecule has 0 aliphatic carbocycles. The number of halogens is 1. The number of hydrogen-bond donors (Lipinski definition) is 0. The van der Waals surface area contributed by atoms with Gasteiger partial charge in [-0.25, -0.2) is 4.98 Å². The molecule has 1 aromatic carbocycles. The van der Waals surface area contributed by atoms with Crippen molar-refractivity contribution in [2.75, 3.05) is 20.2 Å². The van der Waals surface area contributed by atoms with Gasteiger partial charge in [-0.3, -0.25) is 17.5 Å². The summed E-state index contributed by atoms with van der Waals surface area (Å²) in [6.07, 6.45) is 2.81. The summed E-state index contributed by atoms with van der Waals surface area (Å²) in [5.74, 6) is -0.0430. The number of aryl methyl sites for hydroxylation is 1. The first-order valence-corrected chi connectivity index (χ1v) is 13.9. The predicted octanol–water partition coefficient (Wildman–Crippen LogP) is 4.19. The first kappa shape index (κ1) is 26.6. The lowest BCUT2D eigenvalue weighted by atomic mass is 10.0. The van der Waals surface area contributed by atoms with Crippen LogP contribution in [0.2, 0.25) is 0 Å². The van der Waals surface area contributed by atoms with Gasteiger partial charge in [-0.1, -0.05) is 38.1 Å². The SMILES string of the molecule is COC1=CC(=O)N(C(C(=O)N2CCC[C@H]2C(=O)N(I)Cc2ccc(-c3scnc3C)cc2)C(C)C)C1. The lowest BCUT2D eigenvalue weighted by Gasteiger charge is -2.35. The molecule has 3 heterocycles. The minimum absolute atomic E-state index is 0.0882. The van der Waals surface area contributed by atoms with Crippen LogP contribution in [0.15, 0.2) is 41.6 Å². The van der Waals surface area contributed by atoms with E-state index < -0.39 is 12.1 Å². The number of nitrogens with zero attached hydrogens (tertiary/aromatic N) is 4. The fraction of sp³-hybridized carbons (Fsp3) is 0.462. The zero-order valence-corrected chi connectivity index (χ0v) is 23.9. The second-order valence-corrected chi connectivity index (χ2v) is 11.5. The Balaban J connectivity index is 1.44. The first-order chi connectivity index (χ1) is 17.2. The molecule has 2 atom stereocenters. The van der Waals surface area contributed by atoms with Crippen LogP contribution < -0.4 is 0 Å². The van der Waals surface area contributed by atoms with E-state index in [9.17, 15) is 14.4 Å². The van der Waals surface area contributed by atoms with E-state index >= 15 is 0 Å². The molecule has 0 saturated carbocycles. The molecule has 1 unspecified atom stereocenters. The molecule has 10 heteroatoms. The fourth-order valence-corrected chi connectivity index (χ4v) is 6.37. The van der Waals surface area contributed by atoms with E-state index in [1.165, 1.54) is 13.2 Å². The summed E-state index contributed by atoms with van der Waals surface area (Å²) in [6, 6.07) is 7.00. The molecule has 2 aliphatic rings. The molecular weight excluding hydrogens is 591 g/mol. The Labute approximate surface area is 229 Å². The molecule has 0 radical (unpaired) electrons. The van der Waals surface area contributed by atoms with E-state index in [1.807, 2.05) is 61.3 Å². The van der Waals surface area contributed by atoms with Gasteiger partial charge < -0.3 is 14.5 Å². The number of carbonyl (C=O) groups excluding carboxylic acids is 3. The normalized spacial score (nSPS) is 18.6. The van der Waals surface area contributed by atoms with Crippen LogP contribution in [0.3, 0.4) is 0 Å². The fourth-order valence-electron chi connectivity index (χ4n) is 4.85. The second-order valence-electron chi connectivity index (χ2n) is 9.48. The molecule has 2 aromatic rings. The number of aromatic nitrogens is 1. The molecule has 1 aromatic heterocycles. The van der Waals surface area contributed by atoms with Gasteiger partial charge in [0.25, 0.3) is 11.8 Å². The molecule has 3 amide bonds. The van der Waals surface area contributed by atoms with Crippen molar-refractivity contribution < 1.29 is 19.1 Å². The third-order valence-electron chi connectivity index (χ3n) is 6.72. The van der Waals surface area contributed by atoms with Gasteiger partial charge in [-0.15, -0.1) is 11.3 Å². The smallest absolute Gasteiger partial charge is 0.254 e. The number of ether oxygens (including phenoxy) is 1. The molecule has 0 spiro atoms. The molecule has 1 saturated heterocycles. The van der Waals surface area contributed by atoms with Crippen molar-refractivity contribution in [1.29, 1.82) is 0 Å². The van der Waals surface area contributed by atoms with Gasteiger partial charge in [0.15, 0.2) is 0 Å². The van der Waals surface area contributed by atoms with Crippen LogP contribution in [0.25, 0.3) is 10.4 Å². The molecule has 2 aliphatic heterocycles. The first-order valence-electron chi connectivity index (χ1n) is 12.0. The van der Waals surface area contributed by atoms with Crippen LogP contribution >= 0.6 is 34.2 Å². The van der Waals surface area contributed by atoms with Gasteiger partial charge in [0.05, 0.1) is 59.1 Å². The standard InChI is InChI=1S/C26H31IN4O4S/c1-16(2)23(30-14-20(35-4)12-22(30)32)26(34)29-11-5-6-21(29)25(33)31(27)13-18-7-9-19(10-8-18)24-17(3)28-15-36-24/h7-10,12,15-16,21,23H,5-6,11,13-14H2,1-4H3/t21-,23?/m0/s1. The highest BCUT2D eigenvalue weighted by Gasteiger charge is 2.43. The highest BCUT2D eigenvalue weighted by atomic mass is 127. The van der Waals surface area contributed by atoms with Gasteiger partial charge >= 0.3 is 0 Å². The van der Waals surface area contributed by atoms with Crippen molar-refractivity contribution in [3.05, 3.63) is 52.9 Å². The number of benzene rings is 1. The summed E-state index contributed by atoms with van der Waals surface area (Å²) in [5, 5.41) is 0. The van der Waals surface area contributed by atoms with Gasteiger partial charge in [0.2, 0.25) is 5.91 Å². The van der Waals surface area contributed by atoms with E-state index in [4.69, 9.17) is 4.74 Å². The third-order valence-corrected chi connectivity index (χ3v) is 8.51. The monoisotopic (exact) mass is 622 g/mol. The highest BCUT2D eigenvalue weighted by molar-refractivity contribution is 14.1. The van der Waals surface area contributed by atoms with Crippen LogP contribution in [0.5, 0.6) is 0 Å². The summed E-state index contributed by atoms with van der Waals surface area (Å²) in [6.45, 7) is 7.07. The molecule has 192 valence electrons. The molecule has 1 fully saturated rings. The Morgan fingerprint density at radius 2 is 2.00 bits per heavy atom. The Morgan fingerprint density at radius 3 is 2.58 bits per heavy atom. The summed E-state index contributed by atoms with van der Waals surface area (Å²) >= 11 is 3.66. The molecule has 0 bridgehead atoms. The van der Waals surface area contributed by atoms with E-state index in [0.29, 0.717) is 25.3 Å². The molecule has 4 rings (SSSR count). The van der Waals surface area contributed by atoms with Crippen LogP contribution in [0, 0.1) is 12.8 Å². The van der Waals surface area contributed by atoms with Crippen LogP contribution in [0.1, 0.15) is 37.9 Å². The molecule has 0 N–H and O–H groups in total. The Bertz CT molecular complexity index is 1160. The van der Waals surface area contributed by atoms with Gasteiger partial charge in [-0.05, 0) is 36.8 Å². The topological polar surface area (TPSA) is 83.0 Å². The van der Waals surface area contributed by atoms with Crippen molar-refractivity contribution in [1.82, 2.24) is 17.9 Å². The van der Waals surface area contributed by atoms with E-state index in [-0.39, 0.29) is 30.2 Å². The Morgan fingerprint density at radius 1 is 1.28 bits per heavy atom. The number of rotatable bonds is 8. The van der Waals surface area contributed by atoms with Crippen molar-refractivity contribution >= 4 is 51.9 Å². The number of carbonyl (C=O) groups is 3. The lowest BCUT2D eigenvalue weighted by Crippen LogP contribution is -2.55. The summed E-state index contributed by atoms with van der Waals surface area (Å²) < 4.78 is 6.90. The van der Waals surface area contributed by atoms with E-state index in [2.05, 4.69) is 17.1 Å². The summed E-state index contributed by atoms with van der Waals surface area (Å²) in [5.41, 5.74) is 4.98. The predicted molar refractivity (Wildman–Crippen MR) is 147 cm³/mol. The van der Waals surface area contributed by atoms with Crippen LogP contribution in [-0.4, -0.2) is 67.9 Å². The Kier molecular flexibility index (Phi) is 8.34. The van der Waals surface area contributed by atoms with E-state index in [0.717, 1.165) is 28.1 Å². The zero-order valence-electron chi connectivity index (χ0n) is 20.9. The lowest BCUT2D eigenvalue weighted by molar-refractivity contribution is -0.148. The second kappa shape index (κ2) is 11.3. The van der Waals surface area contributed by atoms with Gasteiger partial charge in [-0.2, -0.15) is 0 Å². The summed E-state index contributed by atoms with van der Waals surface area (Å²) in [4.78, 5) is 48.4. The number of thiazole rings is 1. The molecule has 8 nitrogen and oxygen atoms in total. The zero-order chi connectivity index (χ0) is 26.0. The van der Waals surface area contributed by atoms with Crippen LogP contribution in [-0.2, 0) is 25.7 Å². The number of amides is 3. The quantitative estimate of drug-likeness (QED) is 0.326. The maximum atomic E-state index is 13.7. The van der Waals surface area contributed by atoms with E-state index in [1.54, 1.807) is 24.2 Å². The maximum absolute atomic E-state index is 13.7. The molecular formula is C26H31IN4O4S. The van der Waals surface area contributed by atoms with Gasteiger partial charge in [0.1, 0.15) is 17.8 Å². The van der Waals surface area contributed by atoms with Crippen molar-refractivity contribution in [2.45, 2.75) is 52.2 Å².